The standard InChI is InChI=1S/C15H25NO/c1-6-12(4)16(7-2)13(5)14-10-11(3)8-9-15(14)17/h8-10,12-13,17H,6-7H2,1-5H3. The molecule has 96 valence electrons. The summed E-state index contributed by atoms with van der Waals surface area (Å²) in [4.78, 5) is 2.43. The zero-order valence-corrected chi connectivity index (χ0v) is 11.7. The number of phenols is 1. The van der Waals surface area contributed by atoms with E-state index >= 15 is 0 Å². The lowest BCUT2D eigenvalue weighted by Crippen LogP contribution is -2.34. The lowest BCUT2D eigenvalue weighted by Gasteiger charge is -2.33. The Morgan fingerprint density at radius 1 is 1.24 bits per heavy atom. The molecule has 0 aliphatic rings. The number of hydrogen-bond donors (Lipinski definition) is 1. The van der Waals surface area contributed by atoms with Gasteiger partial charge in [0.05, 0.1) is 0 Å². The molecule has 1 N–H and O–H groups in total. The first kappa shape index (κ1) is 14.0. The second-order valence-corrected chi connectivity index (χ2v) is 4.83. The molecule has 2 heteroatoms. The van der Waals surface area contributed by atoms with Crippen LogP contribution in [0.25, 0.3) is 0 Å². The van der Waals surface area contributed by atoms with Gasteiger partial charge in [-0.05, 0) is 39.8 Å². The van der Waals surface area contributed by atoms with Crippen LogP contribution in [0.3, 0.4) is 0 Å². The molecule has 0 amide bonds. The third kappa shape index (κ3) is 3.22. The van der Waals surface area contributed by atoms with Crippen molar-refractivity contribution in [2.75, 3.05) is 6.54 Å². The topological polar surface area (TPSA) is 23.5 Å². The van der Waals surface area contributed by atoms with Crippen molar-refractivity contribution < 1.29 is 5.11 Å². The smallest absolute Gasteiger partial charge is 0.120 e. The van der Waals surface area contributed by atoms with E-state index in [-0.39, 0.29) is 6.04 Å². The summed E-state index contributed by atoms with van der Waals surface area (Å²) in [5, 5.41) is 9.98. The summed E-state index contributed by atoms with van der Waals surface area (Å²) in [5.74, 6) is 0.407. The molecule has 0 saturated carbocycles. The van der Waals surface area contributed by atoms with E-state index in [0.29, 0.717) is 11.8 Å². The fourth-order valence-corrected chi connectivity index (χ4v) is 2.39. The summed E-state index contributed by atoms with van der Waals surface area (Å²) in [5.41, 5.74) is 2.23. The summed E-state index contributed by atoms with van der Waals surface area (Å²) in [7, 11) is 0. The highest BCUT2D eigenvalue weighted by Gasteiger charge is 2.20. The Balaban J connectivity index is 3.00. The second-order valence-electron chi connectivity index (χ2n) is 4.83. The maximum atomic E-state index is 9.98. The molecule has 0 saturated heterocycles. The summed E-state index contributed by atoms with van der Waals surface area (Å²) in [6, 6.07) is 6.63. The van der Waals surface area contributed by atoms with Crippen LogP contribution in [0.5, 0.6) is 5.75 Å². The van der Waals surface area contributed by atoms with Gasteiger partial charge >= 0.3 is 0 Å². The van der Waals surface area contributed by atoms with Crippen molar-refractivity contribution >= 4 is 0 Å². The fraction of sp³-hybridized carbons (Fsp3) is 0.600. The van der Waals surface area contributed by atoms with Crippen LogP contribution in [-0.2, 0) is 0 Å². The van der Waals surface area contributed by atoms with Crippen LogP contribution in [0.2, 0.25) is 0 Å². The van der Waals surface area contributed by atoms with Gasteiger partial charge in [-0.25, -0.2) is 0 Å². The van der Waals surface area contributed by atoms with Crippen LogP contribution < -0.4 is 0 Å². The molecule has 0 fully saturated rings. The first-order chi connectivity index (χ1) is 8.01. The van der Waals surface area contributed by atoms with Gasteiger partial charge < -0.3 is 5.11 Å². The Labute approximate surface area is 105 Å². The number of rotatable bonds is 5. The average Bonchev–Trinajstić information content (AvgIpc) is 2.32. The van der Waals surface area contributed by atoms with Gasteiger partial charge in [0.1, 0.15) is 5.75 Å². The minimum Gasteiger partial charge on any atom is -0.508 e. The maximum Gasteiger partial charge on any atom is 0.120 e. The molecule has 2 nitrogen and oxygen atoms in total. The molecule has 0 aromatic heterocycles. The number of aryl methyl sites for hydroxylation is 1. The largest absolute Gasteiger partial charge is 0.508 e. The van der Waals surface area contributed by atoms with E-state index in [1.807, 2.05) is 6.07 Å². The molecule has 0 aliphatic heterocycles. The number of benzene rings is 1. The van der Waals surface area contributed by atoms with Crippen LogP contribution in [-0.4, -0.2) is 22.6 Å². The third-order valence-corrected chi connectivity index (χ3v) is 3.65. The Bertz CT molecular complexity index is 362. The number of phenolic OH excluding ortho intramolecular Hbond substituents is 1. The molecule has 17 heavy (non-hydrogen) atoms. The molecule has 2 atom stereocenters. The Morgan fingerprint density at radius 2 is 1.88 bits per heavy atom. The van der Waals surface area contributed by atoms with Crippen molar-refractivity contribution in [1.29, 1.82) is 0 Å². The summed E-state index contributed by atoms with van der Waals surface area (Å²) in [6.45, 7) is 11.9. The zero-order valence-electron chi connectivity index (χ0n) is 11.7. The third-order valence-electron chi connectivity index (χ3n) is 3.65. The quantitative estimate of drug-likeness (QED) is 0.837. The van der Waals surface area contributed by atoms with Gasteiger partial charge in [-0.15, -0.1) is 0 Å². The van der Waals surface area contributed by atoms with E-state index in [4.69, 9.17) is 0 Å². The van der Waals surface area contributed by atoms with Gasteiger partial charge in [-0.3, -0.25) is 4.90 Å². The molecule has 0 bridgehead atoms. The van der Waals surface area contributed by atoms with E-state index in [1.54, 1.807) is 6.07 Å². The van der Waals surface area contributed by atoms with Gasteiger partial charge in [-0.2, -0.15) is 0 Å². The Hall–Kier alpha value is -1.02. The van der Waals surface area contributed by atoms with Gasteiger partial charge in [0.25, 0.3) is 0 Å². The van der Waals surface area contributed by atoms with E-state index in [0.717, 1.165) is 18.5 Å². The highest BCUT2D eigenvalue weighted by molar-refractivity contribution is 5.37. The highest BCUT2D eigenvalue weighted by atomic mass is 16.3. The van der Waals surface area contributed by atoms with Crippen LogP contribution in [0.15, 0.2) is 18.2 Å². The van der Waals surface area contributed by atoms with Crippen molar-refractivity contribution in [2.45, 2.75) is 53.1 Å². The van der Waals surface area contributed by atoms with Crippen molar-refractivity contribution in [1.82, 2.24) is 4.90 Å². The van der Waals surface area contributed by atoms with E-state index in [9.17, 15) is 5.11 Å². The molecular formula is C15H25NO. The van der Waals surface area contributed by atoms with Crippen molar-refractivity contribution in [3.05, 3.63) is 29.3 Å². The average molecular weight is 235 g/mol. The van der Waals surface area contributed by atoms with Crippen LogP contribution >= 0.6 is 0 Å². The number of nitrogens with zero attached hydrogens (tertiary/aromatic N) is 1. The molecule has 1 aromatic carbocycles. The minimum atomic E-state index is 0.259. The van der Waals surface area contributed by atoms with E-state index in [2.05, 4.69) is 45.6 Å². The Kier molecular flexibility index (Phi) is 5.01. The summed E-state index contributed by atoms with van der Waals surface area (Å²) < 4.78 is 0. The summed E-state index contributed by atoms with van der Waals surface area (Å²) >= 11 is 0. The molecule has 0 radical (unpaired) electrons. The zero-order chi connectivity index (χ0) is 13.0. The number of hydrogen-bond acceptors (Lipinski definition) is 2. The van der Waals surface area contributed by atoms with Gasteiger partial charge in [0.2, 0.25) is 0 Å². The van der Waals surface area contributed by atoms with Crippen LogP contribution in [0.1, 0.15) is 51.3 Å². The fourth-order valence-electron chi connectivity index (χ4n) is 2.39. The lowest BCUT2D eigenvalue weighted by molar-refractivity contribution is 0.157. The lowest BCUT2D eigenvalue weighted by atomic mass is 10.0. The SMILES string of the molecule is CCC(C)N(CC)C(C)c1cc(C)ccc1O. The van der Waals surface area contributed by atoms with Crippen LogP contribution in [0.4, 0.5) is 0 Å². The van der Waals surface area contributed by atoms with Crippen molar-refractivity contribution in [2.24, 2.45) is 0 Å². The van der Waals surface area contributed by atoms with E-state index < -0.39 is 0 Å². The van der Waals surface area contributed by atoms with Crippen molar-refractivity contribution in [3.8, 4) is 5.75 Å². The first-order valence-electron chi connectivity index (χ1n) is 6.56. The van der Waals surface area contributed by atoms with Crippen LogP contribution in [0, 0.1) is 6.92 Å². The normalized spacial score (nSPS) is 14.9. The minimum absolute atomic E-state index is 0.259. The first-order valence-corrected chi connectivity index (χ1v) is 6.56. The summed E-state index contributed by atoms with van der Waals surface area (Å²) in [6.07, 6.45) is 1.13. The molecule has 1 rings (SSSR count). The van der Waals surface area contributed by atoms with Gasteiger partial charge in [0.15, 0.2) is 0 Å². The predicted octanol–water partition coefficient (Wildman–Crippen LogP) is 3.88. The van der Waals surface area contributed by atoms with Gasteiger partial charge in [-0.1, -0.05) is 31.5 Å². The van der Waals surface area contributed by atoms with Crippen molar-refractivity contribution in [3.63, 3.8) is 0 Å². The molecule has 0 heterocycles. The predicted molar refractivity (Wildman–Crippen MR) is 73.4 cm³/mol. The molecule has 0 aliphatic carbocycles. The number of aromatic hydroxyl groups is 1. The highest BCUT2D eigenvalue weighted by Crippen LogP contribution is 2.30. The molecule has 0 spiro atoms. The molecule has 2 unspecified atom stereocenters. The second kappa shape index (κ2) is 6.06. The van der Waals surface area contributed by atoms with E-state index in [1.165, 1.54) is 5.56 Å². The van der Waals surface area contributed by atoms with Gasteiger partial charge in [0, 0.05) is 17.6 Å². The monoisotopic (exact) mass is 235 g/mol. The molecule has 1 aromatic rings. The maximum absolute atomic E-state index is 9.98. The Morgan fingerprint density at radius 3 is 2.41 bits per heavy atom. The molecular weight excluding hydrogens is 210 g/mol.